The van der Waals surface area contributed by atoms with E-state index in [0.717, 1.165) is 41.5 Å². The van der Waals surface area contributed by atoms with Crippen molar-refractivity contribution in [3.63, 3.8) is 0 Å². The Morgan fingerprint density at radius 1 is 1.14 bits per heavy atom. The molecule has 0 bridgehead atoms. The number of hydrogen-bond acceptors (Lipinski definition) is 7. The van der Waals surface area contributed by atoms with E-state index in [-0.39, 0.29) is 17.8 Å². The fourth-order valence-corrected chi connectivity index (χ4v) is 4.20. The standard InChI is InChI=1S/C21H28N2O3S2/c1-4-5-11-27-14-19(13-25-18-9-7-6-8-10-18)26-20(24)15-28-21-22-16(2)12-17(3)23-21/h6-10,12,19H,4-5,11,13-15H2,1-3H3. The number of ether oxygens (including phenoxy) is 2. The van der Waals surface area contributed by atoms with Crippen molar-refractivity contribution in [3.8, 4) is 5.75 Å². The molecule has 7 heteroatoms. The average molecular weight is 421 g/mol. The van der Waals surface area contributed by atoms with E-state index in [4.69, 9.17) is 9.47 Å². The summed E-state index contributed by atoms with van der Waals surface area (Å²) in [6.45, 7) is 6.35. The van der Waals surface area contributed by atoms with Gasteiger partial charge in [0, 0.05) is 17.1 Å². The first-order valence-corrected chi connectivity index (χ1v) is 11.6. The van der Waals surface area contributed by atoms with E-state index < -0.39 is 0 Å². The monoisotopic (exact) mass is 420 g/mol. The van der Waals surface area contributed by atoms with E-state index in [1.807, 2.05) is 50.2 Å². The molecule has 0 fully saturated rings. The number of rotatable bonds is 12. The third-order valence-corrected chi connectivity index (χ3v) is 5.71. The van der Waals surface area contributed by atoms with Crippen LogP contribution in [0.15, 0.2) is 41.6 Å². The number of unbranched alkanes of at least 4 members (excludes halogenated alkanes) is 1. The molecule has 0 N–H and O–H groups in total. The van der Waals surface area contributed by atoms with E-state index in [2.05, 4.69) is 16.9 Å². The van der Waals surface area contributed by atoms with Gasteiger partial charge in [0.1, 0.15) is 18.5 Å². The lowest BCUT2D eigenvalue weighted by atomic mass is 10.3. The van der Waals surface area contributed by atoms with Gasteiger partial charge in [0.25, 0.3) is 0 Å². The molecule has 0 spiro atoms. The predicted molar refractivity (Wildman–Crippen MR) is 116 cm³/mol. The van der Waals surface area contributed by atoms with Gasteiger partial charge in [0.15, 0.2) is 5.16 Å². The maximum absolute atomic E-state index is 12.3. The number of hydrogen-bond donors (Lipinski definition) is 0. The predicted octanol–water partition coefficient (Wildman–Crippen LogP) is 4.71. The van der Waals surface area contributed by atoms with Crippen LogP contribution in [0.2, 0.25) is 0 Å². The topological polar surface area (TPSA) is 61.3 Å². The minimum Gasteiger partial charge on any atom is -0.490 e. The zero-order chi connectivity index (χ0) is 20.2. The molecule has 2 rings (SSSR count). The molecule has 1 aromatic carbocycles. The lowest BCUT2D eigenvalue weighted by Crippen LogP contribution is -2.28. The normalized spacial score (nSPS) is 11.8. The fraction of sp³-hybridized carbons (Fsp3) is 0.476. The second-order valence-corrected chi connectivity index (χ2v) is 8.48. The third kappa shape index (κ3) is 8.97. The Morgan fingerprint density at radius 2 is 1.86 bits per heavy atom. The Kier molecular flexibility index (Phi) is 10.2. The van der Waals surface area contributed by atoms with Crippen LogP contribution in [0.3, 0.4) is 0 Å². The quantitative estimate of drug-likeness (QED) is 0.213. The van der Waals surface area contributed by atoms with Gasteiger partial charge in [0.2, 0.25) is 0 Å². The molecule has 0 aliphatic carbocycles. The summed E-state index contributed by atoms with van der Waals surface area (Å²) in [7, 11) is 0. The molecule has 0 saturated heterocycles. The molecule has 1 aromatic heterocycles. The summed E-state index contributed by atoms with van der Waals surface area (Å²) >= 11 is 3.09. The first-order chi connectivity index (χ1) is 13.6. The summed E-state index contributed by atoms with van der Waals surface area (Å²) in [5.41, 5.74) is 1.79. The van der Waals surface area contributed by atoms with Gasteiger partial charge in [-0.15, -0.1) is 0 Å². The van der Waals surface area contributed by atoms with Crippen LogP contribution in [0.1, 0.15) is 31.2 Å². The first kappa shape index (κ1) is 22.6. The van der Waals surface area contributed by atoms with Gasteiger partial charge in [-0.25, -0.2) is 9.97 Å². The molecule has 1 unspecified atom stereocenters. The number of aromatic nitrogens is 2. The van der Waals surface area contributed by atoms with Crippen LogP contribution in [0.25, 0.3) is 0 Å². The average Bonchev–Trinajstić information content (AvgIpc) is 2.67. The minimum absolute atomic E-state index is 0.185. The molecule has 152 valence electrons. The van der Waals surface area contributed by atoms with E-state index >= 15 is 0 Å². The summed E-state index contributed by atoms with van der Waals surface area (Å²) in [5.74, 6) is 2.47. The zero-order valence-corrected chi connectivity index (χ0v) is 18.4. The van der Waals surface area contributed by atoms with Crippen LogP contribution in [0, 0.1) is 13.8 Å². The van der Waals surface area contributed by atoms with Crippen molar-refractivity contribution in [1.82, 2.24) is 9.97 Å². The highest BCUT2D eigenvalue weighted by atomic mass is 32.2. The molecule has 2 aromatic rings. The van der Waals surface area contributed by atoms with E-state index in [9.17, 15) is 4.79 Å². The number of benzene rings is 1. The molecule has 0 saturated carbocycles. The minimum atomic E-state index is -0.282. The Bertz CT molecular complexity index is 709. The van der Waals surface area contributed by atoms with Crippen LogP contribution >= 0.6 is 23.5 Å². The molecular formula is C21H28N2O3S2. The maximum atomic E-state index is 12.3. The van der Waals surface area contributed by atoms with Gasteiger partial charge in [-0.2, -0.15) is 11.8 Å². The van der Waals surface area contributed by atoms with Gasteiger partial charge in [-0.05, 0) is 44.2 Å². The molecule has 1 heterocycles. The summed E-state index contributed by atoms with van der Waals surface area (Å²) in [6, 6.07) is 11.5. The molecule has 0 aliphatic rings. The van der Waals surface area contributed by atoms with Crippen molar-refractivity contribution < 1.29 is 14.3 Å². The van der Waals surface area contributed by atoms with Crippen molar-refractivity contribution in [2.24, 2.45) is 0 Å². The highest BCUT2D eigenvalue weighted by molar-refractivity contribution is 7.99. The number of carbonyl (C=O) groups excluding carboxylic acids is 1. The number of aryl methyl sites for hydroxylation is 2. The smallest absolute Gasteiger partial charge is 0.316 e. The highest BCUT2D eigenvalue weighted by Gasteiger charge is 2.17. The SMILES string of the molecule is CCCCSCC(COc1ccccc1)OC(=O)CSc1nc(C)cc(C)n1. The Morgan fingerprint density at radius 3 is 2.54 bits per heavy atom. The van der Waals surface area contributed by atoms with Crippen LogP contribution in [-0.4, -0.2) is 45.9 Å². The van der Waals surface area contributed by atoms with Crippen LogP contribution in [0.4, 0.5) is 0 Å². The first-order valence-electron chi connectivity index (χ1n) is 9.47. The molecule has 0 radical (unpaired) electrons. The van der Waals surface area contributed by atoms with Crippen molar-refractivity contribution >= 4 is 29.5 Å². The second-order valence-electron chi connectivity index (χ2n) is 6.39. The number of carbonyl (C=O) groups is 1. The second kappa shape index (κ2) is 12.7. The zero-order valence-electron chi connectivity index (χ0n) is 16.7. The van der Waals surface area contributed by atoms with E-state index in [0.29, 0.717) is 11.8 Å². The fourth-order valence-electron chi connectivity index (χ4n) is 2.38. The summed E-state index contributed by atoms with van der Waals surface area (Å²) in [6.07, 6.45) is 2.03. The number of nitrogens with zero attached hydrogens (tertiary/aromatic N) is 2. The Hall–Kier alpha value is -1.73. The lowest BCUT2D eigenvalue weighted by Gasteiger charge is -2.18. The number of esters is 1. The van der Waals surface area contributed by atoms with Gasteiger partial charge >= 0.3 is 5.97 Å². The molecule has 0 aliphatic heterocycles. The van der Waals surface area contributed by atoms with Gasteiger partial charge in [-0.1, -0.05) is 43.3 Å². The number of thioether (sulfide) groups is 2. The van der Waals surface area contributed by atoms with Crippen molar-refractivity contribution in [3.05, 3.63) is 47.8 Å². The Labute approximate surface area is 176 Å². The molecular weight excluding hydrogens is 392 g/mol. The van der Waals surface area contributed by atoms with Crippen molar-refractivity contribution in [2.45, 2.75) is 44.9 Å². The largest absolute Gasteiger partial charge is 0.490 e. The van der Waals surface area contributed by atoms with E-state index in [1.54, 1.807) is 11.8 Å². The van der Waals surface area contributed by atoms with Crippen LogP contribution in [-0.2, 0) is 9.53 Å². The Balaban J connectivity index is 1.84. The summed E-state index contributed by atoms with van der Waals surface area (Å²) < 4.78 is 11.5. The van der Waals surface area contributed by atoms with Gasteiger partial charge in [0.05, 0.1) is 5.75 Å². The lowest BCUT2D eigenvalue weighted by molar-refractivity contribution is -0.145. The number of para-hydroxylation sites is 1. The van der Waals surface area contributed by atoms with Crippen LogP contribution < -0.4 is 4.74 Å². The summed E-state index contributed by atoms with van der Waals surface area (Å²) in [4.78, 5) is 21.0. The van der Waals surface area contributed by atoms with Crippen molar-refractivity contribution in [2.75, 3.05) is 23.9 Å². The van der Waals surface area contributed by atoms with Gasteiger partial charge in [-0.3, -0.25) is 4.79 Å². The molecule has 28 heavy (non-hydrogen) atoms. The molecule has 1 atom stereocenters. The third-order valence-electron chi connectivity index (χ3n) is 3.70. The van der Waals surface area contributed by atoms with Crippen LogP contribution in [0.5, 0.6) is 5.75 Å². The van der Waals surface area contributed by atoms with Gasteiger partial charge < -0.3 is 9.47 Å². The van der Waals surface area contributed by atoms with Crippen molar-refractivity contribution in [1.29, 1.82) is 0 Å². The summed E-state index contributed by atoms with van der Waals surface area (Å²) in [5, 5.41) is 0.601. The van der Waals surface area contributed by atoms with E-state index in [1.165, 1.54) is 11.8 Å². The molecule has 0 amide bonds. The highest BCUT2D eigenvalue weighted by Crippen LogP contribution is 2.17. The maximum Gasteiger partial charge on any atom is 0.316 e. The molecule has 5 nitrogen and oxygen atoms in total.